The number of aromatic nitrogens is 1. The molecule has 1 atom stereocenters. The molecule has 0 fully saturated rings. The maximum atomic E-state index is 13.1. The summed E-state index contributed by atoms with van der Waals surface area (Å²) < 4.78 is 0. The molecule has 29 heavy (non-hydrogen) atoms. The first-order valence-corrected chi connectivity index (χ1v) is 11.2. The highest BCUT2D eigenvalue weighted by Crippen LogP contribution is 2.18. The maximum Gasteiger partial charge on any atom is 0.251 e. The average Bonchev–Trinajstić information content (AvgIpc) is 2.75. The minimum Gasteiger partial charge on any atom is -0.394 e. The van der Waals surface area contributed by atoms with E-state index in [4.69, 9.17) is 0 Å². The summed E-state index contributed by atoms with van der Waals surface area (Å²) in [5, 5.41) is 12.9. The number of fused-ring (bicyclic) bond motifs is 11. The van der Waals surface area contributed by atoms with Crippen molar-refractivity contribution < 1.29 is 9.90 Å². The zero-order valence-corrected chi connectivity index (χ0v) is 17.4. The van der Waals surface area contributed by atoms with E-state index in [1.165, 1.54) is 38.5 Å². The lowest BCUT2D eigenvalue weighted by atomic mass is 9.98. The van der Waals surface area contributed by atoms with Crippen molar-refractivity contribution in [2.45, 2.75) is 76.7 Å². The molecule has 1 aromatic heterocycles. The first kappa shape index (κ1) is 21.5. The number of rotatable bonds is 5. The number of aryl methyl sites for hydroxylation is 2. The molecule has 1 aromatic carbocycles. The SMILES string of the molecule is O=C(N[C@H](CO)Cc1ccccc1)c1cc2ncc1CCCCCCCCCC2. The monoisotopic (exact) mass is 394 g/mol. The van der Waals surface area contributed by atoms with E-state index in [0.717, 1.165) is 48.1 Å². The summed E-state index contributed by atoms with van der Waals surface area (Å²) in [5.74, 6) is -0.0919. The van der Waals surface area contributed by atoms with Gasteiger partial charge in [-0.3, -0.25) is 9.78 Å². The van der Waals surface area contributed by atoms with Gasteiger partial charge >= 0.3 is 0 Å². The molecule has 1 amide bonds. The molecule has 2 bridgehead atoms. The fourth-order valence-electron chi connectivity index (χ4n) is 4.08. The van der Waals surface area contributed by atoms with E-state index >= 15 is 0 Å². The molecule has 4 nitrogen and oxygen atoms in total. The van der Waals surface area contributed by atoms with Crippen molar-refractivity contribution in [3.05, 3.63) is 65.0 Å². The molecule has 2 N–H and O–H groups in total. The Bertz CT molecular complexity index is 761. The van der Waals surface area contributed by atoms with Crippen LogP contribution < -0.4 is 5.32 Å². The quantitative estimate of drug-likeness (QED) is 0.777. The lowest BCUT2D eigenvalue weighted by Crippen LogP contribution is -2.39. The second-order valence-electron chi connectivity index (χ2n) is 8.20. The zero-order chi connectivity index (χ0) is 20.3. The van der Waals surface area contributed by atoms with E-state index in [0.29, 0.717) is 6.42 Å². The Morgan fingerprint density at radius 3 is 2.31 bits per heavy atom. The van der Waals surface area contributed by atoms with Crippen LogP contribution in [-0.2, 0) is 19.3 Å². The zero-order valence-electron chi connectivity index (χ0n) is 17.4. The molecule has 4 heteroatoms. The predicted molar refractivity (Wildman–Crippen MR) is 117 cm³/mol. The fraction of sp³-hybridized carbons (Fsp3) is 0.520. The van der Waals surface area contributed by atoms with Gasteiger partial charge in [0.15, 0.2) is 0 Å². The summed E-state index contributed by atoms with van der Waals surface area (Å²) in [6.07, 6.45) is 14.2. The number of nitrogens with zero attached hydrogens (tertiary/aromatic N) is 1. The number of amides is 1. The van der Waals surface area contributed by atoms with Gasteiger partial charge in [-0.15, -0.1) is 0 Å². The number of carbonyl (C=O) groups is 1. The van der Waals surface area contributed by atoms with Gasteiger partial charge in [-0.25, -0.2) is 0 Å². The van der Waals surface area contributed by atoms with E-state index < -0.39 is 0 Å². The summed E-state index contributed by atoms with van der Waals surface area (Å²) in [7, 11) is 0. The summed E-state index contributed by atoms with van der Waals surface area (Å²) in [5.41, 5.74) is 3.87. The Kier molecular flexibility index (Phi) is 8.69. The number of aliphatic hydroxyl groups excluding tert-OH is 1. The Morgan fingerprint density at radius 2 is 1.62 bits per heavy atom. The minimum absolute atomic E-state index is 0.0755. The van der Waals surface area contributed by atoms with Crippen molar-refractivity contribution in [1.82, 2.24) is 10.3 Å². The van der Waals surface area contributed by atoms with Gasteiger partial charge in [0, 0.05) is 17.5 Å². The first-order chi connectivity index (χ1) is 14.3. The average molecular weight is 395 g/mol. The maximum absolute atomic E-state index is 13.1. The molecular formula is C25H34N2O2. The Hall–Kier alpha value is -2.20. The third kappa shape index (κ3) is 6.97. The molecule has 4 rings (SSSR count). The second-order valence-corrected chi connectivity index (χ2v) is 8.20. The van der Waals surface area contributed by atoms with Crippen LogP contribution in [0.25, 0.3) is 0 Å². The summed E-state index contributed by atoms with van der Waals surface area (Å²) in [4.78, 5) is 17.7. The molecule has 2 heterocycles. The van der Waals surface area contributed by atoms with Crippen molar-refractivity contribution in [1.29, 1.82) is 0 Å². The molecular weight excluding hydrogens is 360 g/mol. The summed E-state index contributed by atoms with van der Waals surface area (Å²) in [6.45, 7) is -0.0755. The van der Waals surface area contributed by atoms with Gasteiger partial charge in [-0.2, -0.15) is 0 Å². The number of nitrogens with one attached hydrogen (secondary N) is 1. The van der Waals surface area contributed by atoms with Crippen LogP contribution in [0.2, 0.25) is 0 Å². The lowest BCUT2D eigenvalue weighted by molar-refractivity contribution is 0.0915. The van der Waals surface area contributed by atoms with Crippen LogP contribution in [0, 0.1) is 0 Å². The largest absolute Gasteiger partial charge is 0.394 e. The summed E-state index contributed by atoms with van der Waals surface area (Å²) >= 11 is 0. The van der Waals surface area contributed by atoms with E-state index in [2.05, 4.69) is 10.3 Å². The van der Waals surface area contributed by atoms with Crippen LogP contribution >= 0.6 is 0 Å². The van der Waals surface area contributed by atoms with Crippen molar-refractivity contribution in [3.63, 3.8) is 0 Å². The predicted octanol–water partition coefficient (Wildman–Crippen LogP) is 4.63. The van der Waals surface area contributed by atoms with E-state index in [1.54, 1.807) is 0 Å². The molecule has 0 saturated heterocycles. The van der Waals surface area contributed by atoms with Gasteiger partial charge in [0.1, 0.15) is 0 Å². The smallest absolute Gasteiger partial charge is 0.251 e. The van der Waals surface area contributed by atoms with Gasteiger partial charge in [0.05, 0.1) is 12.6 Å². The van der Waals surface area contributed by atoms with Gasteiger partial charge in [-0.05, 0) is 49.3 Å². The van der Waals surface area contributed by atoms with Crippen LogP contribution in [0.5, 0.6) is 0 Å². The van der Waals surface area contributed by atoms with Gasteiger partial charge in [-0.1, -0.05) is 68.9 Å². The third-order valence-electron chi connectivity index (χ3n) is 5.80. The van der Waals surface area contributed by atoms with Crippen LogP contribution in [0.15, 0.2) is 42.6 Å². The van der Waals surface area contributed by atoms with Crippen molar-refractivity contribution in [3.8, 4) is 0 Å². The number of hydrogen-bond acceptors (Lipinski definition) is 3. The number of benzene rings is 1. The third-order valence-corrected chi connectivity index (χ3v) is 5.80. The number of carbonyl (C=O) groups excluding carboxylic acids is 1. The molecule has 156 valence electrons. The lowest BCUT2D eigenvalue weighted by Gasteiger charge is -2.18. The number of hydrogen-bond donors (Lipinski definition) is 2. The Balaban J connectivity index is 1.73. The Labute approximate surface area is 174 Å². The highest BCUT2D eigenvalue weighted by molar-refractivity contribution is 5.96. The highest BCUT2D eigenvalue weighted by atomic mass is 16.3. The first-order valence-electron chi connectivity index (χ1n) is 11.2. The molecule has 0 radical (unpaired) electrons. The van der Waals surface area contributed by atoms with Crippen LogP contribution in [-0.4, -0.2) is 28.6 Å². The molecule has 2 aliphatic rings. The van der Waals surface area contributed by atoms with Gasteiger partial charge < -0.3 is 10.4 Å². The number of aliphatic hydroxyl groups is 1. The van der Waals surface area contributed by atoms with Crippen LogP contribution in [0.3, 0.4) is 0 Å². The minimum atomic E-state index is -0.292. The van der Waals surface area contributed by atoms with Crippen LogP contribution in [0.4, 0.5) is 0 Å². The fourth-order valence-corrected chi connectivity index (χ4v) is 4.08. The topological polar surface area (TPSA) is 62.2 Å². The van der Waals surface area contributed by atoms with Crippen molar-refractivity contribution >= 4 is 5.91 Å². The van der Waals surface area contributed by atoms with Crippen LogP contribution in [0.1, 0.15) is 78.5 Å². The van der Waals surface area contributed by atoms with E-state index in [1.807, 2.05) is 42.6 Å². The molecule has 2 aromatic rings. The molecule has 0 spiro atoms. The van der Waals surface area contributed by atoms with E-state index in [9.17, 15) is 9.90 Å². The highest BCUT2D eigenvalue weighted by Gasteiger charge is 2.18. The normalized spacial score (nSPS) is 16.7. The van der Waals surface area contributed by atoms with Gasteiger partial charge in [0.25, 0.3) is 5.91 Å². The van der Waals surface area contributed by atoms with Gasteiger partial charge in [0.2, 0.25) is 0 Å². The number of pyridine rings is 1. The second kappa shape index (κ2) is 11.7. The standard InChI is InChI=1S/C25H34N2O2/c28-19-23(16-20-12-8-7-9-13-20)27-25(29)24-17-22-15-11-6-4-2-1-3-5-10-14-21(24)18-26-22/h7-9,12-13,17-18,23,28H,1-6,10-11,14-16,19H2,(H,27,29)/t23-/m0/s1. The van der Waals surface area contributed by atoms with E-state index in [-0.39, 0.29) is 18.6 Å². The summed E-state index contributed by atoms with van der Waals surface area (Å²) in [6, 6.07) is 11.7. The molecule has 0 unspecified atom stereocenters. The van der Waals surface area contributed by atoms with Crippen molar-refractivity contribution in [2.75, 3.05) is 6.61 Å². The molecule has 1 aliphatic carbocycles. The molecule has 0 saturated carbocycles. The molecule has 1 aliphatic heterocycles. The van der Waals surface area contributed by atoms with Crippen molar-refractivity contribution in [2.24, 2.45) is 0 Å². The Morgan fingerprint density at radius 1 is 0.966 bits per heavy atom.